The van der Waals surface area contributed by atoms with Crippen molar-refractivity contribution < 1.29 is 18.3 Å². The third-order valence-corrected chi connectivity index (χ3v) is 6.12. The Kier molecular flexibility index (Phi) is 4.92. The number of pyridine rings is 1. The average Bonchev–Trinajstić information content (AvgIpc) is 2.69. The van der Waals surface area contributed by atoms with Crippen LogP contribution in [0.4, 0.5) is 8.78 Å². The first-order valence-electron chi connectivity index (χ1n) is 9.12. The fourth-order valence-electron chi connectivity index (χ4n) is 3.55. The van der Waals surface area contributed by atoms with Crippen molar-refractivity contribution >= 4 is 28.6 Å². The molecule has 0 amide bonds. The summed E-state index contributed by atoms with van der Waals surface area (Å²) >= 11 is 1.27. The van der Waals surface area contributed by atoms with Crippen LogP contribution in [0.3, 0.4) is 0 Å². The standard InChI is InChI=1S/C21H18F2N2O3S/c1-3-28-21(27)16-19(26)13-8-14(22)15(12-6-4-11(9-24)5-7-12)17(23)18(13)25-10(2)29-20(16)25/h4-8,10H,3,9,24H2,1-2H3. The Morgan fingerprint density at radius 3 is 2.55 bits per heavy atom. The molecule has 1 unspecified atom stereocenters. The molecule has 1 aliphatic rings. The number of carbonyl (C=O) groups excluding carboxylic acids is 1. The average molecular weight is 416 g/mol. The lowest BCUT2D eigenvalue weighted by molar-refractivity contribution is 0.0518. The molecule has 1 aliphatic heterocycles. The first-order chi connectivity index (χ1) is 13.9. The lowest BCUT2D eigenvalue weighted by atomic mass is 9.99. The first-order valence-corrected chi connectivity index (χ1v) is 10.00. The predicted molar refractivity (Wildman–Crippen MR) is 108 cm³/mol. The van der Waals surface area contributed by atoms with Gasteiger partial charge in [-0.15, -0.1) is 0 Å². The summed E-state index contributed by atoms with van der Waals surface area (Å²) in [5, 5.41) is -0.0571. The largest absolute Gasteiger partial charge is 0.462 e. The number of nitrogens with two attached hydrogens (primary N) is 1. The summed E-state index contributed by atoms with van der Waals surface area (Å²) in [5.74, 6) is -2.49. The number of aromatic nitrogens is 1. The van der Waals surface area contributed by atoms with Gasteiger partial charge in [0.2, 0.25) is 5.43 Å². The summed E-state index contributed by atoms with van der Waals surface area (Å²) in [4.78, 5) is 25.2. The highest BCUT2D eigenvalue weighted by molar-refractivity contribution is 8.00. The number of benzene rings is 2. The maximum atomic E-state index is 15.6. The highest BCUT2D eigenvalue weighted by atomic mass is 32.2. The molecule has 0 aliphatic carbocycles. The van der Waals surface area contributed by atoms with E-state index in [-0.39, 0.29) is 34.0 Å². The highest BCUT2D eigenvalue weighted by Gasteiger charge is 2.35. The summed E-state index contributed by atoms with van der Waals surface area (Å²) in [6.45, 7) is 3.85. The Labute approximate surface area is 169 Å². The summed E-state index contributed by atoms with van der Waals surface area (Å²) in [6, 6.07) is 7.58. The van der Waals surface area contributed by atoms with Crippen molar-refractivity contribution in [3.63, 3.8) is 0 Å². The van der Waals surface area contributed by atoms with E-state index in [1.54, 1.807) is 35.8 Å². The van der Waals surface area contributed by atoms with E-state index in [0.29, 0.717) is 17.1 Å². The number of ether oxygens (including phenoxy) is 1. The molecule has 3 aromatic rings. The van der Waals surface area contributed by atoms with E-state index in [0.717, 1.165) is 11.6 Å². The minimum absolute atomic E-state index is 0.0106. The van der Waals surface area contributed by atoms with Crippen molar-refractivity contribution in [3.05, 3.63) is 63.3 Å². The zero-order chi connectivity index (χ0) is 20.9. The molecule has 1 aromatic heterocycles. The van der Waals surface area contributed by atoms with Gasteiger partial charge in [0.1, 0.15) is 11.4 Å². The number of halogens is 2. The van der Waals surface area contributed by atoms with Crippen molar-refractivity contribution in [2.45, 2.75) is 30.8 Å². The molecular formula is C21H18F2N2O3S. The number of hydrogen-bond acceptors (Lipinski definition) is 5. The van der Waals surface area contributed by atoms with Gasteiger partial charge >= 0.3 is 5.97 Å². The molecular weight excluding hydrogens is 398 g/mol. The molecule has 0 bridgehead atoms. The third kappa shape index (κ3) is 2.94. The maximum absolute atomic E-state index is 15.6. The molecule has 0 saturated heterocycles. The third-order valence-electron chi connectivity index (χ3n) is 4.94. The van der Waals surface area contributed by atoms with Crippen LogP contribution in [0.15, 0.2) is 40.2 Å². The number of carbonyl (C=O) groups is 1. The van der Waals surface area contributed by atoms with Gasteiger partial charge in [-0.1, -0.05) is 36.0 Å². The lowest BCUT2D eigenvalue weighted by Crippen LogP contribution is -2.29. The molecule has 29 heavy (non-hydrogen) atoms. The zero-order valence-electron chi connectivity index (χ0n) is 15.8. The van der Waals surface area contributed by atoms with Crippen molar-refractivity contribution in [2.75, 3.05) is 6.61 Å². The summed E-state index contributed by atoms with van der Waals surface area (Å²) in [6.07, 6.45) is 0. The van der Waals surface area contributed by atoms with Crippen LogP contribution in [0.1, 0.15) is 35.1 Å². The molecule has 0 spiro atoms. The number of hydrogen-bond donors (Lipinski definition) is 1. The van der Waals surface area contributed by atoms with Crippen LogP contribution < -0.4 is 11.2 Å². The molecule has 2 heterocycles. The SMILES string of the molecule is CCOC(=O)c1c2n(c3c(F)c(-c4ccc(CN)cc4)c(F)cc3c1=O)C(C)S2. The van der Waals surface area contributed by atoms with Gasteiger partial charge in [-0.25, -0.2) is 13.6 Å². The van der Waals surface area contributed by atoms with Crippen LogP contribution in [0.5, 0.6) is 0 Å². The fraction of sp³-hybridized carbons (Fsp3) is 0.238. The second-order valence-electron chi connectivity index (χ2n) is 6.66. The van der Waals surface area contributed by atoms with Crippen LogP contribution in [0.25, 0.3) is 22.0 Å². The Hall–Kier alpha value is -2.71. The normalized spacial score (nSPS) is 15.1. The molecule has 0 radical (unpaired) electrons. The van der Waals surface area contributed by atoms with Gasteiger partial charge < -0.3 is 15.0 Å². The van der Waals surface area contributed by atoms with Gasteiger partial charge in [0.15, 0.2) is 5.82 Å². The van der Waals surface area contributed by atoms with Crippen molar-refractivity contribution in [1.29, 1.82) is 0 Å². The highest BCUT2D eigenvalue weighted by Crippen LogP contribution is 2.47. The van der Waals surface area contributed by atoms with Crippen LogP contribution in [-0.4, -0.2) is 17.1 Å². The second-order valence-corrected chi connectivity index (χ2v) is 7.97. The lowest BCUT2D eigenvalue weighted by Gasteiger charge is -2.33. The Morgan fingerprint density at radius 1 is 1.28 bits per heavy atom. The van der Waals surface area contributed by atoms with Gasteiger partial charge in [0, 0.05) is 6.54 Å². The quantitative estimate of drug-likeness (QED) is 0.645. The van der Waals surface area contributed by atoms with Gasteiger partial charge in [-0.05, 0) is 31.0 Å². The number of rotatable bonds is 4. The van der Waals surface area contributed by atoms with Gasteiger partial charge in [-0.2, -0.15) is 0 Å². The molecule has 4 rings (SSSR count). The van der Waals surface area contributed by atoms with Gasteiger partial charge in [-0.3, -0.25) is 4.79 Å². The van der Waals surface area contributed by atoms with Crippen molar-refractivity contribution in [2.24, 2.45) is 5.73 Å². The molecule has 0 saturated carbocycles. The minimum Gasteiger partial charge on any atom is -0.462 e. The smallest absolute Gasteiger partial charge is 0.344 e. The van der Waals surface area contributed by atoms with Gasteiger partial charge in [0.25, 0.3) is 0 Å². The Bertz CT molecular complexity index is 1210. The van der Waals surface area contributed by atoms with E-state index in [4.69, 9.17) is 10.5 Å². The minimum atomic E-state index is -0.873. The fourth-order valence-corrected chi connectivity index (χ4v) is 4.69. The topological polar surface area (TPSA) is 74.3 Å². The molecule has 2 N–H and O–H groups in total. The van der Waals surface area contributed by atoms with Crippen LogP contribution in [0, 0.1) is 11.6 Å². The molecule has 0 fully saturated rings. The van der Waals surface area contributed by atoms with E-state index in [1.807, 2.05) is 6.92 Å². The van der Waals surface area contributed by atoms with E-state index >= 15 is 4.39 Å². The molecule has 2 aromatic carbocycles. The summed E-state index contributed by atoms with van der Waals surface area (Å²) < 4.78 is 37.0. The predicted octanol–water partition coefficient (Wildman–Crippen LogP) is 4.21. The van der Waals surface area contributed by atoms with Crippen LogP contribution in [-0.2, 0) is 11.3 Å². The molecule has 1 atom stereocenters. The second kappa shape index (κ2) is 7.27. The number of esters is 1. The number of thioether (sulfide) groups is 1. The van der Waals surface area contributed by atoms with Crippen LogP contribution >= 0.6 is 11.8 Å². The molecule has 8 heteroatoms. The molecule has 5 nitrogen and oxygen atoms in total. The summed E-state index contributed by atoms with van der Waals surface area (Å²) in [7, 11) is 0. The maximum Gasteiger partial charge on any atom is 0.344 e. The zero-order valence-corrected chi connectivity index (χ0v) is 16.6. The van der Waals surface area contributed by atoms with Crippen molar-refractivity contribution in [3.8, 4) is 11.1 Å². The van der Waals surface area contributed by atoms with E-state index < -0.39 is 23.0 Å². The van der Waals surface area contributed by atoms with Crippen molar-refractivity contribution in [1.82, 2.24) is 4.57 Å². The first kappa shape index (κ1) is 19.6. The molecule has 150 valence electrons. The van der Waals surface area contributed by atoms with Gasteiger partial charge in [0.05, 0.1) is 33.5 Å². The Morgan fingerprint density at radius 2 is 1.97 bits per heavy atom. The van der Waals surface area contributed by atoms with Crippen LogP contribution in [0.2, 0.25) is 0 Å². The number of fused-ring (bicyclic) bond motifs is 3. The Balaban J connectivity index is 2.03. The summed E-state index contributed by atoms with van der Waals surface area (Å²) in [5.41, 5.74) is 5.62. The van der Waals surface area contributed by atoms with E-state index in [1.165, 1.54) is 11.8 Å². The number of nitrogens with zero attached hydrogens (tertiary/aromatic N) is 1. The van der Waals surface area contributed by atoms with E-state index in [9.17, 15) is 14.0 Å². The van der Waals surface area contributed by atoms with E-state index in [2.05, 4.69) is 0 Å². The monoisotopic (exact) mass is 416 g/mol.